The molecule has 1 spiro atoms. The van der Waals surface area contributed by atoms with Crippen molar-refractivity contribution in [1.29, 1.82) is 5.41 Å². The number of nitrogens with one attached hydrogen (secondary N) is 3. The number of benzene rings is 1. The predicted molar refractivity (Wildman–Crippen MR) is 117 cm³/mol. The number of amides is 3. The van der Waals surface area contributed by atoms with Crippen molar-refractivity contribution in [2.45, 2.75) is 49.2 Å². The number of nitrogens with two attached hydrogens (primary N) is 1. The van der Waals surface area contributed by atoms with Crippen LogP contribution in [0.2, 0.25) is 4.78 Å². The SMILES string of the molecule is C[C@@H]1[C@H]([Al])C[C@H](NC(=O)c2ccc3c(c2)C[C@@]2(C3)C(=O)NC(=N)C2=CN)C(=O)N1CC(F)(F)F. The fraction of sp³-hybridized carbons (Fsp3) is 0.455. The standard InChI is InChI=1S/C22H23F3N5O3.Al/c1-11-2-5-16(19(32)30(11)10-22(23,24)25)28-18(31)12-3-4-13-7-21(8-14(13)6-12)15(9-26)17(27)29-20(21)33;/h2-4,6,9,11,16H,5,7-8,10,26H2,1H3,(H,28,31)(H2,27,29,33);/t11-,16+,21-;/m1./s1. The van der Waals surface area contributed by atoms with Crippen LogP contribution in [-0.2, 0) is 22.4 Å². The second-order valence-corrected chi connectivity index (χ2v) is 9.93. The highest BCUT2D eigenvalue weighted by Gasteiger charge is 2.53. The number of halogens is 3. The Morgan fingerprint density at radius 1 is 1.35 bits per heavy atom. The molecule has 2 fully saturated rings. The van der Waals surface area contributed by atoms with Crippen molar-refractivity contribution in [1.82, 2.24) is 15.5 Å². The van der Waals surface area contributed by atoms with Crippen LogP contribution in [0.25, 0.3) is 0 Å². The van der Waals surface area contributed by atoms with Gasteiger partial charge in [0, 0.05) is 23.4 Å². The molecular formula is C22H23AlF3N5O3. The molecule has 2 saturated heterocycles. The first-order valence-corrected chi connectivity index (χ1v) is 11.4. The van der Waals surface area contributed by atoms with Crippen LogP contribution in [0.5, 0.6) is 0 Å². The van der Waals surface area contributed by atoms with E-state index in [-0.39, 0.29) is 34.9 Å². The average Bonchev–Trinajstić information content (AvgIpc) is 3.24. The van der Waals surface area contributed by atoms with E-state index >= 15 is 0 Å². The number of alkyl halides is 3. The lowest BCUT2D eigenvalue weighted by Gasteiger charge is -2.42. The minimum atomic E-state index is -4.55. The van der Waals surface area contributed by atoms with E-state index in [1.807, 2.05) is 0 Å². The molecule has 1 aliphatic carbocycles. The lowest BCUT2D eigenvalue weighted by molar-refractivity contribution is -0.169. The first kappa shape index (κ1) is 24.3. The van der Waals surface area contributed by atoms with Gasteiger partial charge in [-0.2, -0.15) is 13.2 Å². The van der Waals surface area contributed by atoms with E-state index < -0.39 is 42.0 Å². The fourth-order valence-corrected chi connectivity index (χ4v) is 5.53. The Labute approximate surface area is 202 Å². The first-order chi connectivity index (χ1) is 15.9. The average molecular weight is 489 g/mol. The van der Waals surface area contributed by atoms with Gasteiger partial charge < -0.3 is 21.3 Å². The summed E-state index contributed by atoms with van der Waals surface area (Å²) >= 11 is 2.45. The van der Waals surface area contributed by atoms with Crippen LogP contribution < -0.4 is 16.4 Å². The molecule has 12 heteroatoms. The molecule has 1 aromatic rings. The summed E-state index contributed by atoms with van der Waals surface area (Å²) in [5.74, 6) is -1.72. The highest BCUT2D eigenvalue weighted by Crippen LogP contribution is 2.45. The van der Waals surface area contributed by atoms with Gasteiger partial charge in [0.25, 0.3) is 5.91 Å². The van der Waals surface area contributed by atoms with Crippen LogP contribution in [0.4, 0.5) is 13.2 Å². The van der Waals surface area contributed by atoms with Gasteiger partial charge in [0.2, 0.25) is 11.8 Å². The fourth-order valence-electron chi connectivity index (χ4n) is 5.05. The Balaban J connectivity index is 1.52. The predicted octanol–water partition coefficient (Wildman–Crippen LogP) is 0.960. The lowest BCUT2D eigenvalue weighted by atomic mass is 9.79. The van der Waals surface area contributed by atoms with Crippen molar-refractivity contribution in [3.8, 4) is 0 Å². The number of hydrogen-bond donors (Lipinski definition) is 4. The molecule has 5 N–H and O–H groups in total. The second-order valence-electron chi connectivity index (χ2n) is 9.08. The zero-order chi connectivity index (χ0) is 25.0. The van der Waals surface area contributed by atoms with E-state index in [9.17, 15) is 27.6 Å². The number of piperidine rings is 1. The van der Waals surface area contributed by atoms with E-state index in [0.29, 0.717) is 12.0 Å². The van der Waals surface area contributed by atoms with Crippen LogP contribution in [0.1, 0.15) is 34.8 Å². The van der Waals surface area contributed by atoms with Crippen LogP contribution in [0, 0.1) is 10.8 Å². The van der Waals surface area contributed by atoms with E-state index in [2.05, 4.69) is 26.9 Å². The topological polar surface area (TPSA) is 128 Å². The molecule has 2 heterocycles. The third-order valence-corrected chi connectivity index (χ3v) is 7.76. The van der Waals surface area contributed by atoms with Crippen LogP contribution in [0.15, 0.2) is 30.0 Å². The van der Waals surface area contributed by atoms with Crippen molar-refractivity contribution in [2.75, 3.05) is 6.54 Å². The molecule has 0 bridgehead atoms. The minimum Gasteiger partial charge on any atom is -0.404 e. The number of rotatable bonds is 3. The number of nitrogens with zero attached hydrogens (tertiary/aromatic N) is 1. The summed E-state index contributed by atoms with van der Waals surface area (Å²) in [6.07, 6.45) is -2.50. The molecule has 3 amide bonds. The van der Waals surface area contributed by atoms with Gasteiger partial charge in [-0.25, -0.2) is 0 Å². The first-order valence-electron chi connectivity index (χ1n) is 10.7. The highest BCUT2D eigenvalue weighted by atomic mass is 27.0. The second kappa shape index (κ2) is 8.43. The largest absolute Gasteiger partial charge is 0.406 e. The monoisotopic (exact) mass is 489 g/mol. The maximum atomic E-state index is 13.0. The van der Waals surface area contributed by atoms with Gasteiger partial charge in [0.15, 0.2) is 0 Å². The van der Waals surface area contributed by atoms with Gasteiger partial charge in [-0.1, -0.05) is 10.8 Å². The number of carbonyl (C=O) groups is 3. The molecule has 0 saturated carbocycles. The van der Waals surface area contributed by atoms with Crippen molar-refractivity contribution >= 4 is 39.8 Å². The molecule has 0 aromatic heterocycles. The molecule has 8 nitrogen and oxygen atoms in total. The van der Waals surface area contributed by atoms with Gasteiger partial charge in [-0.3, -0.25) is 19.8 Å². The summed E-state index contributed by atoms with van der Waals surface area (Å²) < 4.78 is 38.6. The highest BCUT2D eigenvalue weighted by molar-refractivity contribution is 6.19. The smallest absolute Gasteiger partial charge is 0.404 e. The van der Waals surface area contributed by atoms with Crippen LogP contribution in [-0.4, -0.2) is 69.6 Å². The Morgan fingerprint density at radius 3 is 2.68 bits per heavy atom. The van der Waals surface area contributed by atoms with Gasteiger partial charge >= 0.3 is 6.18 Å². The van der Waals surface area contributed by atoms with Gasteiger partial charge in [-0.15, -0.1) is 0 Å². The van der Waals surface area contributed by atoms with E-state index in [4.69, 9.17) is 11.1 Å². The maximum absolute atomic E-state index is 13.0. The van der Waals surface area contributed by atoms with Crippen molar-refractivity contribution < 1.29 is 27.6 Å². The summed E-state index contributed by atoms with van der Waals surface area (Å²) in [6.45, 7) is 0.178. The molecule has 2 radical (unpaired) electrons. The number of hydrogen-bond acceptors (Lipinski definition) is 5. The summed E-state index contributed by atoms with van der Waals surface area (Å²) in [4.78, 5) is 39.0. The van der Waals surface area contributed by atoms with Crippen molar-refractivity contribution in [2.24, 2.45) is 11.1 Å². The molecule has 0 unspecified atom stereocenters. The van der Waals surface area contributed by atoms with Gasteiger partial charge in [0.05, 0.1) is 5.41 Å². The Kier molecular flexibility index (Phi) is 6.02. The Morgan fingerprint density at radius 2 is 2.03 bits per heavy atom. The van der Waals surface area contributed by atoms with Crippen molar-refractivity contribution in [3.63, 3.8) is 0 Å². The summed E-state index contributed by atoms with van der Waals surface area (Å²) in [5, 5.41) is 13.0. The molecular weight excluding hydrogens is 466 g/mol. The zero-order valence-electron chi connectivity index (χ0n) is 18.3. The van der Waals surface area contributed by atoms with Crippen LogP contribution >= 0.6 is 0 Å². The van der Waals surface area contributed by atoms with Gasteiger partial charge in [-0.05, 0) is 49.4 Å². The normalized spacial score (nSPS) is 30.1. The van der Waals surface area contributed by atoms with Crippen molar-refractivity contribution in [3.05, 3.63) is 46.7 Å². The number of carbonyl (C=O) groups excluding carboxylic acids is 3. The number of fused-ring (bicyclic) bond motifs is 1. The lowest BCUT2D eigenvalue weighted by Crippen LogP contribution is -2.59. The zero-order valence-corrected chi connectivity index (χ0v) is 19.5. The number of likely N-dealkylation sites (tertiary alicyclic amines) is 1. The number of amidine groups is 1. The third-order valence-electron chi connectivity index (χ3n) is 6.93. The molecule has 1 aromatic carbocycles. The molecule has 3 aliphatic rings. The van der Waals surface area contributed by atoms with E-state index in [0.717, 1.165) is 16.0 Å². The Hall–Kier alpha value is -2.84. The van der Waals surface area contributed by atoms with Gasteiger partial charge in [0.1, 0.15) is 34.7 Å². The molecule has 2 aliphatic heterocycles. The van der Waals surface area contributed by atoms with E-state index in [1.165, 1.54) is 6.20 Å². The minimum absolute atomic E-state index is 0.0429. The third kappa shape index (κ3) is 4.09. The van der Waals surface area contributed by atoms with E-state index in [1.54, 1.807) is 25.1 Å². The quantitative estimate of drug-likeness (QED) is 0.472. The molecule has 4 atom stereocenters. The summed E-state index contributed by atoms with van der Waals surface area (Å²) in [5.41, 5.74) is 6.89. The summed E-state index contributed by atoms with van der Waals surface area (Å²) in [7, 11) is 0. The summed E-state index contributed by atoms with van der Waals surface area (Å²) in [6, 6.07) is 3.16. The maximum Gasteiger partial charge on any atom is 0.406 e. The Bertz CT molecular complexity index is 1120. The molecule has 178 valence electrons. The molecule has 34 heavy (non-hydrogen) atoms. The molecule has 4 rings (SSSR count). The van der Waals surface area contributed by atoms with Crippen LogP contribution in [0.3, 0.4) is 0 Å².